The Morgan fingerprint density at radius 3 is 1.46 bits per heavy atom. The molecule has 0 bridgehead atoms. The Kier molecular flexibility index (Phi) is 18.0. The van der Waals surface area contributed by atoms with Gasteiger partial charge in [0.15, 0.2) is 0 Å². The fourth-order valence-electron chi connectivity index (χ4n) is 4.00. The second-order valence-electron chi connectivity index (χ2n) is 9.39. The molecule has 1 unspecified atom stereocenters. The maximum absolute atomic E-state index is 10.7. The summed E-state index contributed by atoms with van der Waals surface area (Å²) in [6.07, 6.45) is 21.9. The zero-order chi connectivity index (χ0) is 21.1. The maximum atomic E-state index is 10.7. The molecule has 4 heteroatoms. The van der Waals surface area contributed by atoms with Crippen LogP contribution in [0.5, 0.6) is 0 Å². The van der Waals surface area contributed by atoms with Gasteiger partial charge in [-0.25, -0.2) is 0 Å². The van der Waals surface area contributed by atoms with Crippen LogP contribution in [0.4, 0.5) is 0 Å². The molecule has 0 fully saturated rings. The molecule has 0 aromatic rings. The number of unbranched alkanes of at least 4 members (excludes halogenated alkanes) is 15. The minimum Gasteiger partial charge on any atom is -0.544 e. The first-order chi connectivity index (χ1) is 13.4. The van der Waals surface area contributed by atoms with Crippen molar-refractivity contribution in [2.75, 3.05) is 27.2 Å². The summed E-state index contributed by atoms with van der Waals surface area (Å²) in [6, 6.07) is 0. The molecule has 0 spiro atoms. The lowest BCUT2D eigenvalue weighted by atomic mass is 10.0. The van der Waals surface area contributed by atoms with Crippen molar-refractivity contribution in [2.24, 2.45) is 0 Å². The number of hydrogen-bond acceptors (Lipinski definition) is 3. The highest BCUT2D eigenvalue weighted by molar-refractivity contribution is 5.65. The Balaban J connectivity index is 3.30. The number of hydrogen-bond donors (Lipinski definition) is 1. The van der Waals surface area contributed by atoms with Gasteiger partial charge in [-0.15, -0.1) is 0 Å². The van der Waals surface area contributed by atoms with Gasteiger partial charge in [-0.1, -0.05) is 110 Å². The summed E-state index contributed by atoms with van der Waals surface area (Å²) < 4.78 is 0.280. The number of likely N-dealkylation sites (N-methyl/N-ethyl adjacent to an activating group) is 1. The van der Waals surface area contributed by atoms with E-state index in [9.17, 15) is 15.0 Å². The molecule has 4 nitrogen and oxygen atoms in total. The molecule has 0 saturated carbocycles. The predicted octanol–water partition coefficient (Wildman–Crippen LogP) is 4.83. The summed E-state index contributed by atoms with van der Waals surface area (Å²) in [5.41, 5.74) is 0. The van der Waals surface area contributed by atoms with E-state index < -0.39 is 12.1 Å². The van der Waals surface area contributed by atoms with Crippen LogP contribution in [0, 0.1) is 0 Å². The average molecular weight is 400 g/mol. The molecule has 0 rings (SSSR count). The molecule has 0 aromatic heterocycles. The summed E-state index contributed by atoms with van der Waals surface area (Å²) in [5.74, 6) is -1.06. The number of aliphatic hydroxyl groups excluding tert-OH is 1. The van der Waals surface area contributed by atoms with Crippen molar-refractivity contribution >= 4 is 5.97 Å². The highest BCUT2D eigenvalue weighted by atomic mass is 16.4. The van der Waals surface area contributed by atoms with E-state index in [0.717, 1.165) is 12.8 Å². The van der Waals surface area contributed by atoms with Crippen molar-refractivity contribution in [3.8, 4) is 0 Å². The summed E-state index contributed by atoms with van der Waals surface area (Å²) in [5, 5.41) is 20.8. The summed E-state index contributed by atoms with van der Waals surface area (Å²) in [7, 11) is 3.65. The van der Waals surface area contributed by atoms with Crippen molar-refractivity contribution in [3.05, 3.63) is 0 Å². The monoisotopic (exact) mass is 399 g/mol. The number of carboxylic acids is 1. The molecule has 0 aliphatic carbocycles. The summed E-state index contributed by atoms with van der Waals surface area (Å²) >= 11 is 0. The van der Waals surface area contributed by atoms with Gasteiger partial charge >= 0.3 is 0 Å². The van der Waals surface area contributed by atoms with E-state index in [-0.39, 0.29) is 11.0 Å². The second kappa shape index (κ2) is 18.4. The lowest BCUT2D eigenvalue weighted by Crippen LogP contribution is -2.51. The van der Waals surface area contributed by atoms with Gasteiger partial charge in [-0.2, -0.15) is 0 Å². The number of carbonyl (C=O) groups is 1. The number of aliphatic carboxylic acids is 1. The van der Waals surface area contributed by atoms with E-state index in [2.05, 4.69) is 6.92 Å². The third-order valence-electron chi connectivity index (χ3n) is 5.65. The van der Waals surface area contributed by atoms with Gasteiger partial charge in [0.05, 0.1) is 20.1 Å². The van der Waals surface area contributed by atoms with Crippen LogP contribution in [-0.2, 0) is 4.79 Å². The zero-order valence-electron chi connectivity index (χ0n) is 19.2. The fraction of sp³-hybridized carbons (Fsp3) is 0.958. The molecule has 1 N–H and O–H groups in total. The first-order valence-electron chi connectivity index (χ1n) is 12.1. The van der Waals surface area contributed by atoms with Gasteiger partial charge in [-0.05, 0) is 6.42 Å². The Labute approximate surface area is 175 Å². The topological polar surface area (TPSA) is 60.4 Å². The van der Waals surface area contributed by atoms with Crippen molar-refractivity contribution in [1.82, 2.24) is 0 Å². The minimum absolute atomic E-state index is 0.0456. The van der Waals surface area contributed by atoms with E-state index in [1.165, 1.54) is 96.3 Å². The van der Waals surface area contributed by atoms with Crippen LogP contribution in [0.15, 0.2) is 0 Å². The summed E-state index contributed by atoms with van der Waals surface area (Å²) in [4.78, 5) is 10.7. The van der Waals surface area contributed by atoms with Crippen LogP contribution in [0.2, 0.25) is 0 Å². The molecule has 0 saturated heterocycles. The predicted molar refractivity (Wildman–Crippen MR) is 117 cm³/mol. The SMILES string of the molecule is CCCCCCCCCCCCCCCCCCC(O)C[N+](C)(C)CC(=O)[O-]. The highest BCUT2D eigenvalue weighted by Crippen LogP contribution is 2.14. The molecule has 0 aliphatic rings. The number of rotatable bonds is 21. The Bertz CT molecular complexity index is 358. The van der Waals surface area contributed by atoms with Gasteiger partial charge in [0.25, 0.3) is 0 Å². The van der Waals surface area contributed by atoms with Gasteiger partial charge in [-0.3, -0.25) is 0 Å². The van der Waals surface area contributed by atoms with Crippen LogP contribution < -0.4 is 5.11 Å². The van der Waals surface area contributed by atoms with Crippen LogP contribution in [-0.4, -0.2) is 48.8 Å². The zero-order valence-corrected chi connectivity index (χ0v) is 19.2. The van der Waals surface area contributed by atoms with Crippen LogP contribution in [0.25, 0.3) is 0 Å². The van der Waals surface area contributed by atoms with Crippen molar-refractivity contribution < 1.29 is 19.5 Å². The van der Waals surface area contributed by atoms with E-state index >= 15 is 0 Å². The quantitative estimate of drug-likeness (QED) is 0.222. The third-order valence-corrected chi connectivity index (χ3v) is 5.65. The van der Waals surface area contributed by atoms with Crippen LogP contribution in [0.3, 0.4) is 0 Å². The van der Waals surface area contributed by atoms with Crippen LogP contribution in [0.1, 0.15) is 116 Å². The standard InChI is InChI=1S/C24H49NO3/c1-4-5-6-7-8-9-10-11-12-13-14-15-16-17-18-19-20-23(26)21-25(2,3)22-24(27)28/h23,26H,4-22H2,1-3H3. The molecule has 28 heavy (non-hydrogen) atoms. The lowest BCUT2D eigenvalue weighted by Gasteiger charge is -2.32. The molecular formula is C24H49NO3. The molecule has 0 amide bonds. The smallest absolute Gasteiger partial charge is 0.119 e. The first-order valence-corrected chi connectivity index (χ1v) is 12.1. The Hall–Kier alpha value is -0.610. The van der Waals surface area contributed by atoms with E-state index in [1.807, 2.05) is 14.1 Å². The molecule has 0 heterocycles. The van der Waals surface area contributed by atoms with E-state index in [0.29, 0.717) is 6.54 Å². The average Bonchev–Trinajstić information content (AvgIpc) is 2.59. The molecule has 1 atom stereocenters. The molecule has 0 aliphatic heterocycles. The Morgan fingerprint density at radius 2 is 1.11 bits per heavy atom. The van der Waals surface area contributed by atoms with Crippen LogP contribution >= 0.6 is 0 Å². The van der Waals surface area contributed by atoms with Crippen molar-refractivity contribution in [1.29, 1.82) is 0 Å². The van der Waals surface area contributed by atoms with Gasteiger partial charge in [0, 0.05) is 0 Å². The minimum atomic E-state index is -1.06. The highest BCUT2D eigenvalue weighted by Gasteiger charge is 2.20. The third kappa shape index (κ3) is 20.1. The molecule has 0 radical (unpaired) electrons. The maximum Gasteiger partial charge on any atom is 0.119 e. The van der Waals surface area contributed by atoms with E-state index in [1.54, 1.807) is 0 Å². The molecule has 168 valence electrons. The Morgan fingerprint density at radius 1 is 0.750 bits per heavy atom. The summed E-state index contributed by atoms with van der Waals surface area (Å²) in [6.45, 7) is 2.71. The fourth-order valence-corrected chi connectivity index (χ4v) is 4.00. The number of quaternary nitrogens is 1. The largest absolute Gasteiger partial charge is 0.544 e. The first kappa shape index (κ1) is 27.4. The molecule has 0 aromatic carbocycles. The van der Waals surface area contributed by atoms with Gasteiger partial charge < -0.3 is 19.5 Å². The van der Waals surface area contributed by atoms with Gasteiger partial charge in [0.1, 0.15) is 19.2 Å². The van der Waals surface area contributed by atoms with Gasteiger partial charge in [0.2, 0.25) is 0 Å². The number of nitrogens with zero attached hydrogens (tertiary/aromatic N) is 1. The molecular weight excluding hydrogens is 350 g/mol. The number of aliphatic hydroxyl groups is 1. The lowest BCUT2D eigenvalue weighted by molar-refractivity contribution is -0.887. The normalized spacial score (nSPS) is 13.0. The van der Waals surface area contributed by atoms with Crippen molar-refractivity contribution in [2.45, 2.75) is 122 Å². The second-order valence-corrected chi connectivity index (χ2v) is 9.39. The number of carboxylic acid groups (broad SMARTS) is 1. The van der Waals surface area contributed by atoms with E-state index in [4.69, 9.17) is 0 Å². The number of carbonyl (C=O) groups excluding carboxylic acids is 1. The van der Waals surface area contributed by atoms with Crippen molar-refractivity contribution in [3.63, 3.8) is 0 Å².